The molecule has 0 aliphatic heterocycles. The van der Waals surface area contributed by atoms with Crippen molar-refractivity contribution in [2.45, 2.75) is 18.9 Å². The molecule has 0 bridgehead atoms. The first-order valence-electron chi connectivity index (χ1n) is 3.70. The molecule has 1 fully saturated rings. The first-order valence-corrected chi connectivity index (χ1v) is 3.70. The molecule has 1 saturated carbocycles. The number of methoxy groups -OCH3 is 1. The summed E-state index contributed by atoms with van der Waals surface area (Å²) in [5, 5.41) is 10.8. The molecule has 0 aromatic rings. The van der Waals surface area contributed by atoms with Crippen LogP contribution in [0.25, 0.3) is 0 Å². The largest absolute Gasteiger partial charge is 0.465 e. The van der Waals surface area contributed by atoms with Crippen LogP contribution in [0.2, 0.25) is 0 Å². The van der Waals surface area contributed by atoms with E-state index >= 15 is 0 Å². The molecule has 4 heteroatoms. The Morgan fingerprint density at radius 2 is 2.36 bits per heavy atom. The molecule has 1 rings (SSSR count). The summed E-state index contributed by atoms with van der Waals surface area (Å²) in [5.74, 6) is 0.553. The van der Waals surface area contributed by atoms with Gasteiger partial charge in [0.1, 0.15) is 0 Å². The van der Waals surface area contributed by atoms with Gasteiger partial charge in [0.25, 0.3) is 0 Å². The van der Waals surface area contributed by atoms with Gasteiger partial charge in [0.15, 0.2) is 0 Å². The molecule has 1 amide bonds. The molecule has 0 unspecified atom stereocenters. The van der Waals surface area contributed by atoms with Gasteiger partial charge < -0.3 is 15.2 Å². The average Bonchev–Trinajstić information content (AvgIpc) is 1.82. The molecule has 0 aromatic heterocycles. The number of nitrogens with one attached hydrogen (secondary N) is 1. The van der Waals surface area contributed by atoms with Crippen LogP contribution in [0, 0.1) is 5.92 Å². The lowest BCUT2D eigenvalue weighted by atomic mass is 9.81. The minimum absolute atomic E-state index is 0.160. The van der Waals surface area contributed by atoms with E-state index in [0.29, 0.717) is 5.92 Å². The maximum Gasteiger partial charge on any atom is 0.404 e. The summed E-state index contributed by atoms with van der Waals surface area (Å²) in [4.78, 5) is 10.1. The molecular formula is C7H13NO3. The molecule has 1 aliphatic rings. The Labute approximate surface area is 65.5 Å². The summed E-state index contributed by atoms with van der Waals surface area (Å²) < 4.78 is 4.92. The molecule has 0 saturated heterocycles. The van der Waals surface area contributed by atoms with Crippen LogP contribution in [0.1, 0.15) is 12.8 Å². The third kappa shape index (κ3) is 2.38. The molecule has 4 nitrogen and oxygen atoms in total. The summed E-state index contributed by atoms with van der Waals surface area (Å²) >= 11 is 0. The molecule has 0 atom stereocenters. The normalized spacial score (nSPS) is 29.2. The van der Waals surface area contributed by atoms with Crippen LogP contribution in [0.3, 0.4) is 0 Å². The summed E-state index contributed by atoms with van der Waals surface area (Å²) in [6.07, 6.45) is 0.908. The van der Waals surface area contributed by atoms with Crippen molar-refractivity contribution >= 4 is 6.09 Å². The van der Waals surface area contributed by atoms with Gasteiger partial charge in [0, 0.05) is 19.8 Å². The minimum Gasteiger partial charge on any atom is -0.465 e. The molecule has 0 heterocycles. The average molecular weight is 159 g/mol. The summed E-state index contributed by atoms with van der Waals surface area (Å²) in [6.45, 7) is 0.748. The van der Waals surface area contributed by atoms with Gasteiger partial charge in [0.2, 0.25) is 0 Å². The van der Waals surface area contributed by atoms with Crippen molar-refractivity contribution in [3.05, 3.63) is 0 Å². The van der Waals surface area contributed by atoms with Gasteiger partial charge in [-0.05, 0) is 18.8 Å². The predicted octanol–water partition coefficient (Wildman–Crippen LogP) is 0.679. The second-order valence-electron chi connectivity index (χ2n) is 2.94. The van der Waals surface area contributed by atoms with Gasteiger partial charge in [0.05, 0.1) is 0 Å². The second-order valence-corrected chi connectivity index (χ2v) is 2.94. The van der Waals surface area contributed by atoms with Gasteiger partial charge in [-0.15, -0.1) is 0 Å². The SMILES string of the molecule is COCC1CC(NC(=O)O)C1. The Balaban J connectivity index is 2.04. The zero-order valence-electron chi connectivity index (χ0n) is 6.54. The standard InChI is InChI=1S/C7H13NO3/c1-11-4-5-2-6(3-5)8-7(9)10/h5-6,8H,2-4H2,1H3,(H,9,10). The summed E-state index contributed by atoms with van der Waals surface area (Å²) in [5.41, 5.74) is 0. The first-order chi connectivity index (χ1) is 5.22. The monoisotopic (exact) mass is 159 g/mol. The lowest BCUT2D eigenvalue weighted by Crippen LogP contribution is -2.44. The highest BCUT2D eigenvalue weighted by Crippen LogP contribution is 2.27. The topological polar surface area (TPSA) is 58.6 Å². The molecule has 0 spiro atoms. The van der Waals surface area contributed by atoms with E-state index in [9.17, 15) is 4.79 Å². The Morgan fingerprint density at radius 3 is 2.82 bits per heavy atom. The number of carboxylic acid groups (broad SMARTS) is 1. The molecule has 64 valence electrons. The van der Waals surface area contributed by atoms with Gasteiger partial charge >= 0.3 is 6.09 Å². The molecule has 11 heavy (non-hydrogen) atoms. The van der Waals surface area contributed by atoms with Crippen molar-refractivity contribution in [2.24, 2.45) is 5.92 Å². The van der Waals surface area contributed by atoms with Gasteiger partial charge in [-0.1, -0.05) is 0 Å². The Kier molecular flexibility index (Phi) is 2.70. The lowest BCUT2D eigenvalue weighted by molar-refractivity contribution is 0.0869. The van der Waals surface area contributed by atoms with Gasteiger partial charge in [-0.2, -0.15) is 0 Å². The van der Waals surface area contributed by atoms with E-state index in [1.807, 2.05) is 0 Å². The fourth-order valence-corrected chi connectivity index (χ4v) is 1.40. The number of amides is 1. The van der Waals surface area contributed by atoms with Crippen molar-refractivity contribution in [3.8, 4) is 0 Å². The van der Waals surface area contributed by atoms with Crippen LogP contribution in [-0.2, 0) is 4.74 Å². The number of hydrogen-bond donors (Lipinski definition) is 2. The minimum atomic E-state index is -0.925. The third-order valence-corrected chi connectivity index (χ3v) is 1.97. The zero-order chi connectivity index (χ0) is 8.27. The molecule has 0 radical (unpaired) electrons. The fourth-order valence-electron chi connectivity index (χ4n) is 1.40. The highest BCUT2D eigenvalue weighted by molar-refractivity contribution is 5.64. The van der Waals surface area contributed by atoms with Gasteiger partial charge in [-0.3, -0.25) is 0 Å². The number of rotatable bonds is 3. The smallest absolute Gasteiger partial charge is 0.404 e. The number of carbonyl (C=O) groups is 1. The molecule has 2 N–H and O–H groups in total. The number of ether oxygens (including phenoxy) is 1. The quantitative estimate of drug-likeness (QED) is 0.636. The van der Waals surface area contributed by atoms with E-state index in [1.165, 1.54) is 0 Å². The third-order valence-electron chi connectivity index (χ3n) is 1.97. The molecule has 0 aromatic carbocycles. The van der Waals surface area contributed by atoms with E-state index in [2.05, 4.69) is 5.32 Å². The maximum atomic E-state index is 10.1. The van der Waals surface area contributed by atoms with E-state index in [0.717, 1.165) is 19.4 Å². The van der Waals surface area contributed by atoms with Crippen molar-refractivity contribution in [1.29, 1.82) is 0 Å². The van der Waals surface area contributed by atoms with Crippen molar-refractivity contribution in [3.63, 3.8) is 0 Å². The predicted molar refractivity (Wildman–Crippen MR) is 39.5 cm³/mol. The fraction of sp³-hybridized carbons (Fsp3) is 0.857. The lowest BCUT2D eigenvalue weighted by Gasteiger charge is -2.34. The number of hydrogen-bond acceptors (Lipinski definition) is 2. The highest BCUT2D eigenvalue weighted by Gasteiger charge is 2.29. The van der Waals surface area contributed by atoms with Crippen LogP contribution in [0.15, 0.2) is 0 Å². The Hall–Kier alpha value is -0.770. The van der Waals surface area contributed by atoms with Crippen LogP contribution in [0.5, 0.6) is 0 Å². The highest BCUT2D eigenvalue weighted by atomic mass is 16.5. The van der Waals surface area contributed by atoms with E-state index in [1.54, 1.807) is 7.11 Å². The maximum absolute atomic E-state index is 10.1. The van der Waals surface area contributed by atoms with E-state index in [-0.39, 0.29) is 6.04 Å². The summed E-state index contributed by atoms with van der Waals surface area (Å²) in [6, 6.07) is 0.160. The van der Waals surface area contributed by atoms with E-state index in [4.69, 9.17) is 9.84 Å². The van der Waals surface area contributed by atoms with Crippen LogP contribution in [0.4, 0.5) is 4.79 Å². The molecule has 1 aliphatic carbocycles. The molecular weight excluding hydrogens is 146 g/mol. The second kappa shape index (κ2) is 3.57. The van der Waals surface area contributed by atoms with Crippen LogP contribution in [-0.4, -0.2) is 31.0 Å². The Morgan fingerprint density at radius 1 is 1.73 bits per heavy atom. The zero-order valence-corrected chi connectivity index (χ0v) is 6.54. The van der Waals surface area contributed by atoms with Crippen LogP contribution >= 0.6 is 0 Å². The summed E-state index contributed by atoms with van der Waals surface area (Å²) in [7, 11) is 1.66. The van der Waals surface area contributed by atoms with Gasteiger partial charge in [-0.25, -0.2) is 4.79 Å². The van der Waals surface area contributed by atoms with E-state index < -0.39 is 6.09 Å². The van der Waals surface area contributed by atoms with Crippen LogP contribution < -0.4 is 5.32 Å². The van der Waals surface area contributed by atoms with Crippen molar-refractivity contribution in [1.82, 2.24) is 5.32 Å². The van der Waals surface area contributed by atoms with Crippen molar-refractivity contribution < 1.29 is 14.6 Å². The Bertz CT molecular complexity index is 143. The first kappa shape index (κ1) is 8.33. The van der Waals surface area contributed by atoms with Crippen molar-refractivity contribution in [2.75, 3.05) is 13.7 Å².